The molecule has 0 aromatic heterocycles. The molecule has 5 nitrogen and oxygen atoms in total. The third-order valence-electron chi connectivity index (χ3n) is 4.80. The predicted molar refractivity (Wildman–Crippen MR) is 106 cm³/mol. The highest BCUT2D eigenvalue weighted by molar-refractivity contribution is 5.89. The minimum absolute atomic E-state index is 0.125. The van der Waals surface area contributed by atoms with E-state index in [-0.39, 0.29) is 12.8 Å². The molecule has 1 heterocycles. The highest BCUT2D eigenvalue weighted by Crippen LogP contribution is 2.21. The normalized spacial score (nSPS) is 14.0. The number of nitrogens with zero attached hydrogens (tertiary/aromatic N) is 1. The molecule has 26 heavy (non-hydrogen) atoms. The number of hydrogen-bond donors (Lipinski definition) is 2. The average Bonchev–Trinajstić information content (AvgIpc) is 2.66. The van der Waals surface area contributed by atoms with Crippen molar-refractivity contribution in [3.05, 3.63) is 53.6 Å². The van der Waals surface area contributed by atoms with E-state index in [0.717, 1.165) is 24.5 Å². The van der Waals surface area contributed by atoms with Crippen LogP contribution in [0.25, 0.3) is 0 Å². The van der Waals surface area contributed by atoms with Crippen molar-refractivity contribution in [2.75, 3.05) is 30.0 Å². The van der Waals surface area contributed by atoms with Crippen LogP contribution in [-0.2, 0) is 0 Å². The molecule has 0 radical (unpaired) electrons. The van der Waals surface area contributed by atoms with Gasteiger partial charge in [-0.1, -0.05) is 6.07 Å². The van der Waals surface area contributed by atoms with Crippen LogP contribution in [0.1, 0.15) is 30.4 Å². The number of piperidine rings is 1. The number of rotatable bonds is 5. The molecule has 0 spiro atoms. The predicted octanol–water partition coefficient (Wildman–Crippen LogP) is 4.45. The first-order valence-corrected chi connectivity index (χ1v) is 9.22. The maximum atomic E-state index is 12.0. The Morgan fingerprint density at radius 3 is 2.42 bits per heavy atom. The van der Waals surface area contributed by atoms with Crippen LogP contribution in [0.5, 0.6) is 5.75 Å². The molecular formula is C21H27N3O2. The quantitative estimate of drug-likeness (QED) is 0.781. The summed E-state index contributed by atoms with van der Waals surface area (Å²) in [7, 11) is 0. The molecule has 5 heteroatoms. The van der Waals surface area contributed by atoms with E-state index in [1.165, 1.54) is 36.1 Å². The van der Waals surface area contributed by atoms with Gasteiger partial charge < -0.3 is 20.3 Å². The van der Waals surface area contributed by atoms with Gasteiger partial charge in [-0.15, -0.1) is 0 Å². The van der Waals surface area contributed by atoms with Crippen molar-refractivity contribution in [2.24, 2.45) is 0 Å². The monoisotopic (exact) mass is 353 g/mol. The van der Waals surface area contributed by atoms with Gasteiger partial charge in [-0.05, 0) is 80.6 Å². The first-order valence-electron chi connectivity index (χ1n) is 9.22. The summed E-state index contributed by atoms with van der Waals surface area (Å²) in [6.07, 6.45) is 3.83. The van der Waals surface area contributed by atoms with E-state index in [1.54, 1.807) is 0 Å². The van der Waals surface area contributed by atoms with E-state index in [2.05, 4.69) is 34.6 Å². The van der Waals surface area contributed by atoms with E-state index in [4.69, 9.17) is 4.74 Å². The molecule has 2 aromatic carbocycles. The highest BCUT2D eigenvalue weighted by Gasteiger charge is 2.10. The number of carbonyl (C=O) groups is 1. The lowest BCUT2D eigenvalue weighted by Gasteiger charge is -2.28. The second kappa shape index (κ2) is 8.61. The Morgan fingerprint density at radius 2 is 1.73 bits per heavy atom. The van der Waals surface area contributed by atoms with Crippen LogP contribution < -0.4 is 20.3 Å². The van der Waals surface area contributed by atoms with Gasteiger partial charge in [0.2, 0.25) is 0 Å². The molecule has 1 fully saturated rings. The molecule has 2 aromatic rings. The molecule has 1 saturated heterocycles. The van der Waals surface area contributed by atoms with Gasteiger partial charge in [0.05, 0.1) is 0 Å². The van der Waals surface area contributed by atoms with Gasteiger partial charge in [-0.25, -0.2) is 4.79 Å². The smallest absolute Gasteiger partial charge is 0.321 e. The van der Waals surface area contributed by atoms with Gasteiger partial charge in [0.1, 0.15) is 5.75 Å². The first kappa shape index (κ1) is 18.1. The summed E-state index contributed by atoms with van der Waals surface area (Å²) >= 11 is 0. The van der Waals surface area contributed by atoms with Crippen molar-refractivity contribution in [3.63, 3.8) is 0 Å². The SMILES string of the molecule is Cc1ccc(OCNC(=O)Nc2ccc(N3CCCCC3)cc2)cc1C. The van der Waals surface area contributed by atoms with Crippen molar-refractivity contribution < 1.29 is 9.53 Å². The molecule has 2 amide bonds. The summed E-state index contributed by atoms with van der Waals surface area (Å²) in [5.74, 6) is 0.749. The van der Waals surface area contributed by atoms with Gasteiger partial charge in [0.25, 0.3) is 0 Å². The topological polar surface area (TPSA) is 53.6 Å². The van der Waals surface area contributed by atoms with Gasteiger partial charge in [-0.2, -0.15) is 0 Å². The Labute approximate surface area is 155 Å². The van der Waals surface area contributed by atoms with Crippen LogP contribution in [0.15, 0.2) is 42.5 Å². The number of benzene rings is 2. The minimum atomic E-state index is -0.278. The van der Waals surface area contributed by atoms with Gasteiger partial charge in [-0.3, -0.25) is 0 Å². The Hall–Kier alpha value is -2.69. The lowest BCUT2D eigenvalue weighted by atomic mass is 10.1. The van der Waals surface area contributed by atoms with Gasteiger partial charge in [0, 0.05) is 24.5 Å². The maximum Gasteiger partial charge on any atom is 0.321 e. The second-order valence-electron chi connectivity index (χ2n) is 6.76. The molecule has 0 aliphatic carbocycles. The van der Waals surface area contributed by atoms with Crippen LogP contribution in [0.2, 0.25) is 0 Å². The molecule has 138 valence electrons. The molecule has 3 rings (SSSR count). The number of urea groups is 1. The van der Waals surface area contributed by atoms with Gasteiger partial charge >= 0.3 is 6.03 Å². The Balaban J connectivity index is 1.44. The maximum absolute atomic E-state index is 12.0. The lowest BCUT2D eigenvalue weighted by molar-refractivity contribution is 0.234. The fourth-order valence-corrected chi connectivity index (χ4v) is 3.07. The van der Waals surface area contributed by atoms with Crippen molar-refractivity contribution in [2.45, 2.75) is 33.1 Å². The third-order valence-corrected chi connectivity index (χ3v) is 4.80. The zero-order valence-electron chi connectivity index (χ0n) is 15.5. The molecule has 0 saturated carbocycles. The van der Waals surface area contributed by atoms with Crippen LogP contribution in [0.3, 0.4) is 0 Å². The summed E-state index contributed by atoms with van der Waals surface area (Å²) in [6, 6.07) is 13.6. The third kappa shape index (κ3) is 4.91. The Morgan fingerprint density at radius 1 is 1.00 bits per heavy atom. The van der Waals surface area contributed by atoms with E-state index in [9.17, 15) is 4.79 Å². The molecule has 1 aliphatic rings. The molecular weight excluding hydrogens is 326 g/mol. The summed E-state index contributed by atoms with van der Waals surface area (Å²) < 4.78 is 5.57. The van der Waals surface area contributed by atoms with E-state index >= 15 is 0 Å². The molecule has 0 atom stereocenters. The zero-order chi connectivity index (χ0) is 18.4. The number of ether oxygens (including phenoxy) is 1. The highest BCUT2D eigenvalue weighted by atomic mass is 16.5. The van der Waals surface area contributed by atoms with E-state index in [0.29, 0.717) is 0 Å². The number of anilines is 2. The fraction of sp³-hybridized carbons (Fsp3) is 0.381. The number of amides is 2. The lowest BCUT2D eigenvalue weighted by Crippen LogP contribution is -2.32. The van der Waals surface area contributed by atoms with E-state index in [1.807, 2.05) is 37.3 Å². The molecule has 2 N–H and O–H groups in total. The standard InChI is InChI=1S/C21H27N3O2/c1-16-6-11-20(14-17(16)2)26-15-22-21(25)23-18-7-9-19(10-8-18)24-12-4-3-5-13-24/h6-11,14H,3-5,12-13,15H2,1-2H3,(H2,22,23,25). The van der Waals surface area contributed by atoms with Crippen LogP contribution in [0.4, 0.5) is 16.2 Å². The number of aryl methyl sites for hydroxylation is 2. The Bertz CT molecular complexity index is 737. The average molecular weight is 353 g/mol. The summed E-state index contributed by atoms with van der Waals surface area (Å²) in [6.45, 7) is 6.45. The first-order chi connectivity index (χ1) is 12.6. The summed E-state index contributed by atoms with van der Waals surface area (Å²) in [4.78, 5) is 14.4. The Kier molecular flexibility index (Phi) is 6.00. The van der Waals surface area contributed by atoms with Crippen molar-refractivity contribution in [1.29, 1.82) is 0 Å². The van der Waals surface area contributed by atoms with Crippen molar-refractivity contribution in [3.8, 4) is 5.75 Å². The molecule has 0 unspecified atom stereocenters. The summed E-state index contributed by atoms with van der Waals surface area (Å²) in [5.41, 5.74) is 4.37. The van der Waals surface area contributed by atoms with Crippen molar-refractivity contribution >= 4 is 17.4 Å². The van der Waals surface area contributed by atoms with Crippen LogP contribution >= 0.6 is 0 Å². The second-order valence-corrected chi connectivity index (χ2v) is 6.76. The number of nitrogens with one attached hydrogen (secondary N) is 2. The minimum Gasteiger partial charge on any atom is -0.473 e. The molecule has 1 aliphatic heterocycles. The van der Waals surface area contributed by atoms with Crippen molar-refractivity contribution in [1.82, 2.24) is 5.32 Å². The van der Waals surface area contributed by atoms with Crippen LogP contribution in [0, 0.1) is 13.8 Å². The van der Waals surface area contributed by atoms with E-state index < -0.39 is 0 Å². The largest absolute Gasteiger partial charge is 0.473 e. The fourth-order valence-electron chi connectivity index (χ4n) is 3.07. The summed E-state index contributed by atoms with van der Waals surface area (Å²) in [5, 5.41) is 5.54. The molecule has 0 bridgehead atoms. The zero-order valence-corrected chi connectivity index (χ0v) is 15.5. The van der Waals surface area contributed by atoms with Crippen LogP contribution in [-0.4, -0.2) is 25.9 Å². The number of carbonyl (C=O) groups excluding carboxylic acids is 1. The number of hydrogen-bond acceptors (Lipinski definition) is 3. The van der Waals surface area contributed by atoms with Gasteiger partial charge in [0.15, 0.2) is 6.73 Å².